The van der Waals surface area contributed by atoms with Gasteiger partial charge >= 0.3 is 6.18 Å². The molecule has 4 aliphatic rings. The molecule has 4 fully saturated rings. The van der Waals surface area contributed by atoms with Crippen molar-refractivity contribution in [2.45, 2.75) is 86.7 Å². The van der Waals surface area contributed by atoms with Crippen LogP contribution >= 0.6 is 0 Å². The summed E-state index contributed by atoms with van der Waals surface area (Å²) in [5.41, 5.74) is -1.19. The van der Waals surface area contributed by atoms with Crippen molar-refractivity contribution in [1.29, 1.82) is 0 Å². The number of imide groups is 1. The number of rotatable bonds is 10. The molecule has 0 spiro atoms. The number of aromatic nitrogens is 4. The van der Waals surface area contributed by atoms with E-state index in [4.69, 9.17) is 0 Å². The molecular formula is C41H48F6N10O5S. The van der Waals surface area contributed by atoms with E-state index in [-0.39, 0.29) is 55.9 Å². The molecule has 22 heteroatoms. The topological polar surface area (TPSA) is 178 Å². The van der Waals surface area contributed by atoms with Gasteiger partial charge in [0.1, 0.15) is 29.2 Å². The van der Waals surface area contributed by atoms with Crippen LogP contribution in [0.5, 0.6) is 0 Å². The molecule has 0 aliphatic carbocycles. The first-order chi connectivity index (χ1) is 29.7. The van der Waals surface area contributed by atoms with Crippen LogP contribution in [0.2, 0.25) is 0 Å². The summed E-state index contributed by atoms with van der Waals surface area (Å²) in [6.07, 6.45) is -2.97. The van der Waals surface area contributed by atoms with Crippen molar-refractivity contribution in [1.82, 2.24) is 34.7 Å². The van der Waals surface area contributed by atoms with Crippen molar-refractivity contribution in [2.75, 3.05) is 60.9 Å². The van der Waals surface area contributed by atoms with E-state index in [9.17, 15) is 36.3 Å². The molecule has 2 aromatic carbocycles. The number of alkyl halides is 4. The van der Waals surface area contributed by atoms with Gasteiger partial charge < -0.3 is 25.1 Å². The second kappa shape index (κ2) is 17.1. The number of carbonyl (C=O) groups is 2. The lowest BCUT2D eigenvalue weighted by atomic mass is 9.92. The molecule has 2 amide bonds. The minimum atomic E-state index is -4.81. The summed E-state index contributed by atoms with van der Waals surface area (Å²) in [7, 11) is -2.68. The molecule has 6 heterocycles. The Hall–Kier alpha value is -5.06. The fraction of sp³-hybridized carbons (Fsp3) is 0.537. The maximum absolute atomic E-state index is 15.6. The molecule has 4 aromatic rings. The SMILES string of the molecule is Cn1nc(C2CCC(=O)NC2=O)c2cc(F)c(N3CCC(CN4CC[C@@H](NS(=O)(=O)c5ccc(Nc6ncc(C(F)(F)F)c(N7CCC[C@](C)(O)C7)n6)c(F)c5)[C@@H](F)C4)CC3)cc21. The quantitative estimate of drug-likeness (QED) is 0.126. The number of benzene rings is 2. The summed E-state index contributed by atoms with van der Waals surface area (Å²) in [6.45, 7) is 3.62. The van der Waals surface area contributed by atoms with Gasteiger partial charge in [-0.1, -0.05) is 0 Å². The van der Waals surface area contributed by atoms with Crippen LogP contribution in [0, 0.1) is 17.6 Å². The number of halogens is 6. The summed E-state index contributed by atoms with van der Waals surface area (Å²) in [5, 5.41) is 20.4. The number of piperidine rings is 4. The fourth-order valence-electron chi connectivity index (χ4n) is 9.16. The molecule has 4 N–H and O–H groups in total. The number of likely N-dealkylation sites (tertiary alicyclic amines) is 1. The Bertz CT molecular complexity index is 2520. The van der Waals surface area contributed by atoms with Crippen molar-refractivity contribution < 1.29 is 49.5 Å². The highest BCUT2D eigenvalue weighted by Crippen LogP contribution is 2.39. The largest absolute Gasteiger partial charge is 0.421 e. The predicted molar refractivity (Wildman–Crippen MR) is 220 cm³/mol. The van der Waals surface area contributed by atoms with E-state index in [1.165, 1.54) is 17.9 Å². The van der Waals surface area contributed by atoms with E-state index in [1.54, 1.807) is 17.8 Å². The van der Waals surface area contributed by atoms with E-state index in [1.807, 2.05) is 9.80 Å². The third-order valence-electron chi connectivity index (χ3n) is 12.5. The Morgan fingerprint density at radius 1 is 1.00 bits per heavy atom. The second-order valence-electron chi connectivity index (χ2n) is 17.3. The Balaban J connectivity index is 0.847. The van der Waals surface area contributed by atoms with E-state index in [2.05, 4.69) is 30.4 Å². The van der Waals surface area contributed by atoms with Gasteiger partial charge in [0.05, 0.1) is 45.0 Å². The van der Waals surface area contributed by atoms with Crippen LogP contribution in [0.1, 0.15) is 69.0 Å². The summed E-state index contributed by atoms with van der Waals surface area (Å²) in [4.78, 5) is 36.6. The van der Waals surface area contributed by atoms with Crippen molar-refractivity contribution in [2.24, 2.45) is 13.0 Å². The number of carbonyl (C=O) groups excluding carboxylic acids is 2. The fourth-order valence-corrected chi connectivity index (χ4v) is 10.5. The number of anilines is 4. The second-order valence-corrected chi connectivity index (χ2v) is 19.0. The number of hydrogen-bond acceptors (Lipinski definition) is 12. The molecule has 2 aromatic heterocycles. The molecule has 0 bridgehead atoms. The van der Waals surface area contributed by atoms with Crippen LogP contribution in [0.25, 0.3) is 10.9 Å². The van der Waals surface area contributed by atoms with Gasteiger partial charge in [0.2, 0.25) is 27.8 Å². The molecule has 8 rings (SSSR count). The number of sulfonamides is 1. The molecule has 4 saturated heterocycles. The molecule has 15 nitrogen and oxygen atoms in total. The lowest BCUT2D eigenvalue weighted by molar-refractivity contribution is -0.138. The average molecular weight is 907 g/mol. The number of aryl methyl sites for hydroxylation is 1. The molecule has 340 valence electrons. The first-order valence-electron chi connectivity index (χ1n) is 20.9. The van der Waals surface area contributed by atoms with Gasteiger partial charge in [-0.05, 0) is 88.2 Å². The lowest BCUT2D eigenvalue weighted by Gasteiger charge is -2.39. The molecule has 0 radical (unpaired) electrons. The van der Waals surface area contributed by atoms with Crippen LogP contribution in [0.4, 0.5) is 49.5 Å². The van der Waals surface area contributed by atoms with Crippen molar-refractivity contribution in [3.05, 3.63) is 59.4 Å². The molecule has 4 aliphatic heterocycles. The number of aliphatic hydroxyl groups is 1. The minimum Gasteiger partial charge on any atom is -0.388 e. The Morgan fingerprint density at radius 2 is 1.76 bits per heavy atom. The third-order valence-corrected chi connectivity index (χ3v) is 14.0. The summed E-state index contributed by atoms with van der Waals surface area (Å²) < 4.78 is 119. The number of nitrogens with one attached hydrogen (secondary N) is 3. The van der Waals surface area contributed by atoms with Gasteiger partial charge in [0.15, 0.2) is 0 Å². The molecule has 63 heavy (non-hydrogen) atoms. The first kappa shape index (κ1) is 44.5. The third kappa shape index (κ3) is 9.58. The van der Waals surface area contributed by atoms with Gasteiger partial charge in [-0.15, -0.1) is 0 Å². The zero-order valence-electron chi connectivity index (χ0n) is 34.6. The standard InChI is InChI=1S/C41H48F6N10O5S/c1-40(60)11-3-12-57(22-40)37-27(41(45,46)47)19-48-39(51-37)49-31-6-4-24(16-28(31)42)63(61,62)53-32-10-13-55(21-30(32)44)20-23-8-14-56(15-9-23)34-18-33-26(17-29(34)43)36(52-54(33)2)25-5-7-35(58)50-38(25)59/h4,6,16-19,23,25,30,32,53,60H,3,5,7-15,20-22H2,1-2H3,(H,48,49,51)(H,50,58,59)/t25?,30-,32+,40-/m0/s1. The maximum Gasteiger partial charge on any atom is 0.421 e. The van der Waals surface area contributed by atoms with Crippen LogP contribution in [-0.2, 0) is 32.8 Å². The predicted octanol–water partition coefficient (Wildman–Crippen LogP) is 4.88. The molecular weight excluding hydrogens is 859 g/mol. The zero-order valence-corrected chi connectivity index (χ0v) is 35.4. The van der Waals surface area contributed by atoms with E-state index in [0.29, 0.717) is 92.8 Å². The number of hydrogen-bond donors (Lipinski definition) is 4. The number of β-amino-alcohol motifs (C(OH)–C–C–N with tert-alkyl or cyclic N) is 1. The van der Waals surface area contributed by atoms with E-state index < -0.39 is 73.8 Å². The molecule has 1 unspecified atom stereocenters. The number of amides is 2. The van der Waals surface area contributed by atoms with Gasteiger partial charge in [-0.25, -0.2) is 31.3 Å². The van der Waals surface area contributed by atoms with Crippen molar-refractivity contribution >= 4 is 55.9 Å². The summed E-state index contributed by atoms with van der Waals surface area (Å²) in [6, 6.07) is 4.91. The normalized spacial score (nSPS) is 24.6. The van der Waals surface area contributed by atoms with Crippen LogP contribution in [-0.4, -0.2) is 114 Å². The summed E-state index contributed by atoms with van der Waals surface area (Å²) >= 11 is 0. The van der Waals surface area contributed by atoms with Gasteiger partial charge in [0, 0.05) is 64.3 Å². The van der Waals surface area contributed by atoms with Gasteiger partial charge in [-0.2, -0.15) is 23.3 Å². The van der Waals surface area contributed by atoms with Crippen LogP contribution in [0.15, 0.2) is 41.4 Å². The van der Waals surface area contributed by atoms with E-state index in [0.717, 1.165) is 12.1 Å². The monoisotopic (exact) mass is 906 g/mol. The highest BCUT2D eigenvalue weighted by molar-refractivity contribution is 7.89. The number of nitrogens with zero attached hydrogens (tertiary/aromatic N) is 7. The number of fused-ring (bicyclic) bond motifs is 1. The highest BCUT2D eigenvalue weighted by Gasteiger charge is 2.40. The van der Waals surface area contributed by atoms with Crippen molar-refractivity contribution in [3.8, 4) is 0 Å². The lowest BCUT2D eigenvalue weighted by Crippen LogP contribution is -2.53. The Kier molecular flexibility index (Phi) is 12.1. The van der Waals surface area contributed by atoms with Crippen molar-refractivity contribution in [3.63, 3.8) is 0 Å². The molecule has 0 saturated carbocycles. The Labute approximate surface area is 359 Å². The highest BCUT2D eigenvalue weighted by atomic mass is 32.2. The zero-order chi connectivity index (χ0) is 45.0. The van der Waals surface area contributed by atoms with Crippen LogP contribution < -0.4 is 25.2 Å². The smallest absolute Gasteiger partial charge is 0.388 e. The van der Waals surface area contributed by atoms with Crippen LogP contribution in [0.3, 0.4) is 0 Å². The first-order valence-corrected chi connectivity index (χ1v) is 22.3. The van der Waals surface area contributed by atoms with Gasteiger partial charge in [-0.3, -0.25) is 19.6 Å². The minimum absolute atomic E-state index is 0.0317. The van der Waals surface area contributed by atoms with Gasteiger partial charge in [0.25, 0.3) is 0 Å². The maximum atomic E-state index is 15.6. The molecule has 4 atom stereocenters. The Morgan fingerprint density at radius 3 is 2.44 bits per heavy atom. The summed E-state index contributed by atoms with van der Waals surface area (Å²) in [5.74, 6) is -3.65. The van der Waals surface area contributed by atoms with E-state index >= 15 is 13.2 Å². The average Bonchev–Trinajstić information content (AvgIpc) is 3.52.